The Hall–Kier alpha value is -0.610. The zero-order valence-electron chi connectivity index (χ0n) is 11.3. The molecule has 0 bridgehead atoms. The zero-order chi connectivity index (χ0) is 12.7. The first-order valence-electron chi connectivity index (χ1n) is 6.17. The van der Waals surface area contributed by atoms with Crippen molar-refractivity contribution in [2.75, 3.05) is 6.54 Å². The van der Waals surface area contributed by atoms with E-state index < -0.39 is 0 Å². The van der Waals surface area contributed by atoms with Crippen LogP contribution in [0.15, 0.2) is 12.3 Å². The van der Waals surface area contributed by atoms with E-state index in [0.717, 1.165) is 36.8 Å². The molecule has 1 N–H and O–H groups in total. The van der Waals surface area contributed by atoms with Crippen LogP contribution in [0.1, 0.15) is 45.6 Å². The van der Waals surface area contributed by atoms with E-state index in [0.29, 0.717) is 0 Å². The summed E-state index contributed by atoms with van der Waals surface area (Å²) >= 11 is 1.88. The minimum Gasteiger partial charge on any atom is -0.311 e. The van der Waals surface area contributed by atoms with Crippen LogP contribution in [0.25, 0.3) is 0 Å². The van der Waals surface area contributed by atoms with Crippen molar-refractivity contribution < 1.29 is 0 Å². The average molecular weight is 253 g/mol. The van der Waals surface area contributed by atoms with Gasteiger partial charge in [-0.05, 0) is 19.0 Å². The maximum Gasteiger partial charge on any atom is 0.138 e. The van der Waals surface area contributed by atoms with Crippen LogP contribution in [-0.4, -0.2) is 21.3 Å². The number of rotatable bonds is 6. The van der Waals surface area contributed by atoms with E-state index in [2.05, 4.69) is 43.0 Å². The van der Waals surface area contributed by atoms with Gasteiger partial charge in [0.1, 0.15) is 5.82 Å². The minimum atomic E-state index is 0.264. The molecule has 96 valence electrons. The Morgan fingerprint density at radius 3 is 2.76 bits per heavy atom. The highest BCUT2D eigenvalue weighted by molar-refractivity contribution is 7.99. The Morgan fingerprint density at radius 1 is 1.35 bits per heavy atom. The number of nitrogens with one attached hydrogen (secondary N) is 1. The smallest absolute Gasteiger partial charge is 0.138 e. The summed E-state index contributed by atoms with van der Waals surface area (Å²) in [4.78, 5) is 8.86. The molecule has 0 saturated heterocycles. The van der Waals surface area contributed by atoms with E-state index in [1.807, 2.05) is 24.0 Å². The Bertz CT molecular complexity index is 334. The predicted octanol–water partition coefficient (Wildman–Crippen LogP) is 3.01. The molecule has 0 aliphatic rings. The first kappa shape index (κ1) is 14.5. The topological polar surface area (TPSA) is 37.8 Å². The molecular formula is C13H23N3S. The molecule has 0 unspecified atom stereocenters. The molecule has 0 saturated carbocycles. The SMILES string of the molecule is CCCNCc1ccnc(CSC(C)(C)C)n1. The predicted molar refractivity (Wildman–Crippen MR) is 75.1 cm³/mol. The molecule has 0 amide bonds. The Kier molecular flexibility index (Phi) is 5.92. The zero-order valence-corrected chi connectivity index (χ0v) is 12.1. The largest absolute Gasteiger partial charge is 0.311 e. The maximum absolute atomic E-state index is 4.55. The summed E-state index contributed by atoms with van der Waals surface area (Å²) in [6, 6.07) is 1.98. The Labute approximate surface area is 109 Å². The maximum atomic E-state index is 4.55. The highest BCUT2D eigenvalue weighted by Crippen LogP contribution is 2.25. The fourth-order valence-electron chi connectivity index (χ4n) is 1.28. The summed E-state index contributed by atoms with van der Waals surface area (Å²) in [5.74, 6) is 1.81. The second kappa shape index (κ2) is 6.97. The van der Waals surface area contributed by atoms with E-state index in [9.17, 15) is 0 Å². The van der Waals surface area contributed by atoms with Crippen LogP contribution in [0.5, 0.6) is 0 Å². The van der Waals surface area contributed by atoms with Crippen molar-refractivity contribution in [2.45, 2.75) is 51.2 Å². The van der Waals surface area contributed by atoms with Crippen LogP contribution in [0.3, 0.4) is 0 Å². The molecule has 1 rings (SSSR count). The number of hydrogen-bond acceptors (Lipinski definition) is 4. The van der Waals surface area contributed by atoms with Gasteiger partial charge in [-0.2, -0.15) is 0 Å². The van der Waals surface area contributed by atoms with Crippen molar-refractivity contribution in [2.24, 2.45) is 0 Å². The van der Waals surface area contributed by atoms with E-state index in [1.165, 1.54) is 0 Å². The molecule has 1 heterocycles. The standard InChI is InChI=1S/C13H23N3S/c1-5-7-14-9-11-6-8-15-12(16-11)10-17-13(2,3)4/h6,8,14H,5,7,9-10H2,1-4H3. The van der Waals surface area contributed by atoms with E-state index in [1.54, 1.807) is 0 Å². The van der Waals surface area contributed by atoms with Gasteiger partial charge < -0.3 is 5.32 Å². The van der Waals surface area contributed by atoms with Crippen LogP contribution < -0.4 is 5.32 Å². The summed E-state index contributed by atoms with van der Waals surface area (Å²) in [5, 5.41) is 3.35. The molecule has 0 aliphatic carbocycles. The van der Waals surface area contributed by atoms with Crippen molar-refractivity contribution in [3.63, 3.8) is 0 Å². The van der Waals surface area contributed by atoms with Crippen molar-refractivity contribution in [3.05, 3.63) is 23.8 Å². The monoisotopic (exact) mass is 253 g/mol. The van der Waals surface area contributed by atoms with Crippen molar-refractivity contribution in [3.8, 4) is 0 Å². The lowest BCUT2D eigenvalue weighted by atomic mass is 10.3. The van der Waals surface area contributed by atoms with Crippen LogP contribution >= 0.6 is 11.8 Å². The quantitative estimate of drug-likeness (QED) is 0.791. The second-order valence-corrected chi connectivity index (χ2v) is 6.84. The van der Waals surface area contributed by atoms with Crippen molar-refractivity contribution in [1.82, 2.24) is 15.3 Å². The molecule has 4 heteroatoms. The summed E-state index contributed by atoms with van der Waals surface area (Å²) in [5.41, 5.74) is 1.08. The van der Waals surface area contributed by atoms with Gasteiger partial charge in [0.05, 0.1) is 11.4 Å². The molecule has 0 radical (unpaired) electrons. The molecule has 0 fully saturated rings. The van der Waals surface area contributed by atoms with Gasteiger partial charge in [0.25, 0.3) is 0 Å². The van der Waals surface area contributed by atoms with Crippen LogP contribution in [-0.2, 0) is 12.3 Å². The number of aromatic nitrogens is 2. The van der Waals surface area contributed by atoms with Crippen LogP contribution in [0, 0.1) is 0 Å². The second-order valence-electron chi connectivity index (χ2n) is 5.04. The van der Waals surface area contributed by atoms with Gasteiger partial charge in [-0.3, -0.25) is 0 Å². The van der Waals surface area contributed by atoms with Gasteiger partial charge in [-0.15, -0.1) is 11.8 Å². The van der Waals surface area contributed by atoms with E-state index in [4.69, 9.17) is 0 Å². The minimum absolute atomic E-state index is 0.264. The third-order valence-electron chi connectivity index (χ3n) is 2.13. The van der Waals surface area contributed by atoms with E-state index >= 15 is 0 Å². The van der Waals surface area contributed by atoms with Gasteiger partial charge in [0.2, 0.25) is 0 Å². The third-order valence-corrected chi connectivity index (χ3v) is 3.40. The first-order chi connectivity index (χ1) is 8.01. The fourth-order valence-corrected chi connectivity index (χ4v) is 1.98. The normalized spacial score (nSPS) is 11.8. The fraction of sp³-hybridized carbons (Fsp3) is 0.692. The first-order valence-corrected chi connectivity index (χ1v) is 7.15. The molecule has 1 aromatic rings. The molecular weight excluding hydrogens is 230 g/mol. The van der Waals surface area contributed by atoms with Gasteiger partial charge in [0, 0.05) is 17.5 Å². The number of nitrogens with zero attached hydrogens (tertiary/aromatic N) is 2. The van der Waals surface area contributed by atoms with Crippen molar-refractivity contribution in [1.29, 1.82) is 0 Å². The highest BCUT2D eigenvalue weighted by Gasteiger charge is 2.11. The van der Waals surface area contributed by atoms with Crippen molar-refractivity contribution >= 4 is 11.8 Å². The lowest BCUT2D eigenvalue weighted by molar-refractivity contribution is 0.660. The van der Waals surface area contributed by atoms with Crippen LogP contribution in [0.2, 0.25) is 0 Å². The number of thioether (sulfide) groups is 1. The molecule has 0 aliphatic heterocycles. The lowest BCUT2D eigenvalue weighted by Crippen LogP contribution is -2.15. The van der Waals surface area contributed by atoms with Crippen LogP contribution in [0.4, 0.5) is 0 Å². The summed E-state index contributed by atoms with van der Waals surface area (Å²) < 4.78 is 0.264. The lowest BCUT2D eigenvalue weighted by Gasteiger charge is -2.16. The molecule has 0 aromatic carbocycles. The number of hydrogen-bond donors (Lipinski definition) is 1. The van der Waals surface area contributed by atoms with E-state index in [-0.39, 0.29) is 4.75 Å². The highest BCUT2D eigenvalue weighted by atomic mass is 32.2. The molecule has 1 aromatic heterocycles. The molecule has 0 atom stereocenters. The van der Waals surface area contributed by atoms with Gasteiger partial charge in [-0.1, -0.05) is 27.7 Å². The Balaban J connectivity index is 2.48. The molecule has 17 heavy (non-hydrogen) atoms. The van der Waals surface area contributed by atoms with Gasteiger partial charge in [0.15, 0.2) is 0 Å². The van der Waals surface area contributed by atoms with Gasteiger partial charge in [-0.25, -0.2) is 9.97 Å². The third kappa shape index (κ3) is 6.64. The van der Waals surface area contributed by atoms with Gasteiger partial charge >= 0.3 is 0 Å². The summed E-state index contributed by atoms with van der Waals surface area (Å²) in [6.07, 6.45) is 3.01. The summed E-state index contributed by atoms with van der Waals surface area (Å²) in [6.45, 7) is 10.7. The Morgan fingerprint density at radius 2 is 2.12 bits per heavy atom. The molecule has 0 spiro atoms. The molecule has 3 nitrogen and oxygen atoms in total. The average Bonchev–Trinajstić information content (AvgIpc) is 2.27. The summed E-state index contributed by atoms with van der Waals surface area (Å²) in [7, 11) is 0.